The molecule has 0 N–H and O–H groups in total. The lowest BCUT2D eigenvalue weighted by atomic mass is 9.94. The van der Waals surface area contributed by atoms with E-state index in [2.05, 4.69) is 12.1 Å². The molecule has 4 nitrogen and oxygen atoms in total. The van der Waals surface area contributed by atoms with Crippen molar-refractivity contribution in [1.29, 1.82) is 0 Å². The van der Waals surface area contributed by atoms with Crippen LogP contribution in [0.15, 0.2) is 59.8 Å². The molecule has 136 valence electrons. The monoisotopic (exact) mass is 351 g/mol. The average molecular weight is 351 g/mol. The van der Waals surface area contributed by atoms with E-state index in [4.69, 9.17) is 9.57 Å². The Morgan fingerprint density at radius 3 is 2.50 bits per heavy atom. The van der Waals surface area contributed by atoms with Crippen molar-refractivity contribution in [1.82, 2.24) is 0 Å². The molecule has 2 aromatic carbocycles. The molecule has 4 heteroatoms. The summed E-state index contributed by atoms with van der Waals surface area (Å²) >= 11 is 0. The molecule has 0 saturated heterocycles. The molecule has 0 aliphatic heterocycles. The molecule has 2 aromatic rings. The van der Waals surface area contributed by atoms with Crippen molar-refractivity contribution in [2.24, 2.45) is 5.16 Å². The number of allylic oxidation sites excluding steroid dienone is 1. The van der Waals surface area contributed by atoms with E-state index < -0.39 is 0 Å². The number of hydrogen-bond acceptors (Lipinski definition) is 4. The fourth-order valence-electron chi connectivity index (χ4n) is 2.68. The van der Waals surface area contributed by atoms with Gasteiger partial charge in [0.15, 0.2) is 0 Å². The quantitative estimate of drug-likeness (QED) is 0.312. The highest BCUT2D eigenvalue weighted by atomic mass is 16.6. The Hall–Kier alpha value is -2.88. The van der Waals surface area contributed by atoms with E-state index in [0.717, 1.165) is 34.4 Å². The zero-order valence-electron chi connectivity index (χ0n) is 15.8. The van der Waals surface area contributed by atoms with Crippen molar-refractivity contribution >= 4 is 17.3 Å². The molecule has 0 fully saturated rings. The first-order chi connectivity index (χ1) is 12.6. The second-order valence-corrected chi connectivity index (χ2v) is 5.86. The number of carbonyl (C=O) groups excluding carboxylic acids is 1. The van der Waals surface area contributed by atoms with Gasteiger partial charge in [-0.15, -0.1) is 0 Å². The van der Waals surface area contributed by atoms with Crippen molar-refractivity contribution in [2.45, 2.75) is 33.8 Å². The van der Waals surface area contributed by atoms with Gasteiger partial charge in [0.2, 0.25) is 0 Å². The summed E-state index contributed by atoms with van der Waals surface area (Å²) in [6.45, 7) is 6.21. The molecule has 0 amide bonds. The van der Waals surface area contributed by atoms with E-state index in [9.17, 15) is 4.79 Å². The van der Waals surface area contributed by atoms with Crippen molar-refractivity contribution < 1.29 is 14.4 Å². The lowest BCUT2D eigenvalue weighted by Gasteiger charge is -2.12. The van der Waals surface area contributed by atoms with Crippen molar-refractivity contribution in [3.8, 4) is 0 Å². The highest BCUT2D eigenvalue weighted by Gasteiger charge is 2.16. The number of ether oxygens (including phenoxy) is 1. The first kappa shape index (κ1) is 19.4. The predicted molar refractivity (Wildman–Crippen MR) is 105 cm³/mol. The lowest BCUT2D eigenvalue weighted by Crippen LogP contribution is -2.08. The second kappa shape index (κ2) is 9.56. The Kier molecular flexibility index (Phi) is 7.15. The van der Waals surface area contributed by atoms with E-state index in [1.807, 2.05) is 62.4 Å². The Labute approximate surface area is 155 Å². The highest BCUT2D eigenvalue weighted by molar-refractivity contribution is 6.17. The third-order valence-corrected chi connectivity index (χ3v) is 4.17. The molecule has 2 rings (SSSR count). The molecule has 0 atom stereocenters. The molecule has 0 spiro atoms. The van der Waals surface area contributed by atoms with Gasteiger partial charge in [0.25, 0.3) is 0 Å². The molecule has 0 aliphatic carbocycles. The van der Waals surface area contributed by atoms with Gasteiger partial charge in [-0.2, -0.15) is 0 Å². The summed E-state index contributed by atoms with van der Waals surface area (Å²) in [5.74, 6) is -0.339. The summed E-state index contributed by atoms with van der Waals surface area (Å²) in [5, 5.41) is 4.22. The first-order valence-electron chi connectivity index (χ1n) is 8.69. The third kappa shape index (κ3) is 4.82. The molecule has 0 bridgehead atoms. The van der Waals surface area contributed by atoms with Gasteiger partial charge in [-0.05, 0) is 48.6 Å². The number of aryl methyl sites for hydroxylation is 1. The summed E-state index contributed by atoms with van der Waals surface area (Å²) in [6, 6.07) is 15.9. The largest absolute Gasteiger partial charge is 0.465 e. The molecule has 0 unspecified atom stereocenters. The number of esters is 1. The number of rotatable bonds is 7. The molecule has 0 aliphatic rings. The normalized spacial score (nSPS) is 12.0. The van der Waals surface area contributed by atoms with E-state index in [1.54, 1.807) is 6.08 Å². The molecule has 0 aromatic heterocycles. The minimum Gasteiger partial charge on any atom is -0.465 e. The summed E-state index contributed by atoms with van der Waals surface area (Å²) in [6.07, 6.45) is 2.60. The number of hydrogen-bond donors (Lipinski definition) is 0. The number of methoxy groups -OCH3 is 1. The van der Waals surface area contributed by atoms with Crippen LogP contribution >= 0.6 is 0 Å². The van der Waals surface area contributed by atoms with Crippen molar-refractivity contribution in [3.05, 3.63) is 76.9 Å². The predicted octanol–water partition coefficient (Wildman–Crippen LogP) is 4.77. The first-order valence-corrected chi connectivity index (χ1v) is 8.69. The smallest absolute Gasteiger partial charge is 0.338 e. The van der Waals surface area contributed by atoms with Gasteiger partial charge in [-0.25, -0.2) is 4.79 Å². The van der Waals surface area contributed by atoms with Gasteiger partial charge in [0, 0.05) is 0 Å². The van der Waals surface area contributed by atoms with E-state index in [-0.39, 0.29) is 5.97 Å². The van der Waals surface area contributed by atoms with Gasteiger partial charge in [0.1, 0.15) is 6.61 Å². The maximum atomic E-state index is 12.1. The number of carbonyl (C=O) groups is 1. The lowest BCUT2D eigenvalue weighted by molar-refractivity contribution is -0.133. The maximum absolute atomic E-state index is 12.1. The molecular formula is C22H25NO3. The van der Waals surface area contributed by atoms with Gasteiger partial charge >= 0.3 is 5.97 Å². The van der Waals surface area contributed by atoms with Gasteiger partial charge < -0.3 is 9.57 Å². The third-order valence-electron chi connectivity index (χ3n) is 4.17. The molecule has 0 saturated carbocycles. The summed E-state index contributed by atoms with van der Waals surface area (Å²) in [7, 11) is 1.39. The molecule has 0 radical (unpaired) electrons. The summed E-state index contributed by atoms with van der Waals surface area (Å²) in [4.78, 5) is 17.5. The number of oxime groups is 1. The van der Waals surface area contributed by atoms with Gasteiger partial charge in [-0.3, -0.25) is 0 Å². The van der Waals surface area contributed by atoms with Crippen LogP contribution in [0.5, 0.6) is 0 Å². The van der Waals surface area contributed by atoms with Gasteiger partial charge in [-0.1, -0.05) is 60.6 Å². The van der Waals surface area contributed by atoms with Crippen LogP contribution in [0.4, 0.5) is 0 Å². The fourth-order valence-corrected chi connectivity index (χ4v) is 2.68. The maximum Gasteiger partial charge on any atom is 0.338 e. The van der Waals surface area contributed by atoms with Crippen molar-refractivity contribution in [3.63, 3.8) is 0 Å². The minimum absolute atomic E-state index is 0.339. The van der Waals surface area contributed by atoms with Crippen LogP contribution < -0.4 is 0 Å². The Morgan fingerprint density at radius 1 is 1.15 bits per heavy atom. The topological polar surface area (TPSA) is 47.9 Å². The van der Waals surface area contributed by atoms with Crippen LogP contribution in [0.1, 0.15) is 43.0 Å². The molecule has 0 heterocycles. The zero-order valence-corrected chi connectivity index (χ0v) is 15.8. The summed E-state index contributed by atoms with van der Waals surface area (Å²) in [5.41, 5.74) is 5.25. The zero-order chi connectivity index (χ0) is 18.9. The Bertz CT molecular complexity index is 807. The second-order valence-electron chi connectivity index (χ2n) is 5.86. The highest BCUT2D eigenvalue weighted by Crippen LogP contribution is 2.23. The summed E-state index contributed by atoms with van der Waals surface area (Å²) < 4.78 is 4.91. The van der Waals surface area contributed by atoms with E-state index in [1.165, 1.54) is 7.11 Å². The van der Waals surface area contributed by atoms with Crippen LogP contribution in [-0.2, 0) is 27.4 Å². The Balaban J connectivity index is 2.24. The van der Waals surface area contributed by atoms with Gasteiger partial charge in [0.05, 0.1) is 18.4 Å². The van der Waals surface area contributed by atoms with Crippen LogP contribution in [0.3, 0.4) is 0 Å². The van der Waals surface area contributed by atoms with Crippen LogP contribution in [0, 0.1) is 0 Å². The van der Waals surface area contributed by atoms with E-state index >= 15 is 0 Å². The van der Waals surface area contributed by atoms with Crippen LogP contribution in [-0.4, -0.2) is 18.8 Å². The average Bonchev–Trinajstić information content (AvgIpc) is 2.69. The van der Waals surface area contributed by atoms with Crippen LogP contribution in [0.25, 0.3) is 5.57 Å². The number of nitrogens with zero attached hydrogens (tertiary/aromatic N) is 1. The van der Waals surface area contributed by atoms with Crippen molar-refractivity contribution in [2.75, 3.05) is 7.11 Å². The SMILES string of the molecule is C/C=C(/C(=O)OC)c1cc(C(C)=NOCc2ccccc2)ccc1CC. The Morgan fingerprint density at radius 2 is 1.88 bits per heavy atom. The standard InChI is InChI=1S/C22H25NO3/c1-5-18-12-13-19(14-21(18)20(6-2)22(24)25-4)16(3)23-26-15-17-10-8-7-9-11-17/h6-14H,5,15H2,1-4H3/b20-6+,23-16?. The fraction of sp³-hybridized carbons (Fsp3) is 0.273. The van der Waals surface area contributed by atoms with Crippen LogP contribution in [0.2, 0.25) is 0 Å². The minimum atomic E-state index is -0.339. The molecular weight excluding hydrogens is 326 g/mol. The number of benzene rings is 2. The van der Waals surface area contributed by atoms with E-state index in [0.29, 0.717) is 12.2 Å². The molecule has 26 heavy (non-hydrogen) atoms.